The first kappa shape index (κ1) is 18.6. The highest BCUT2D eigenvalue weighted by molar-refractivity contribution is 6.03. The van der Waals surface area contributed by atoms with Crippen LogP contribution in [-0.4, -0.2) is 32.2 Å². The van der Waals surface area contributed by atoms with Gasteiger partial charge in [-0.3, -0.25) is 4.79 Å². The molecule has 1 N–H and O–H groups in total. The van der Waals surface area contributed by atoms with E-state index in [1.807, 2.05) is 30.3 Å². The van der Waals surface area contributed by atoms with Crippen molar-refractivity contribution in [2.24, 2.45) is 0 Å². The molecule has 0 spiro atoms. The monoisotopic (exact) mass is 409 g/mol. The molecule has 0 unspecified atom stereocenters. The lowest BCUT2D eigenvalue weighted by atomic mass is 10.1. The average Bonchev–Trinajstić information content (AvgIpc) is 3.47. The number of benzene rings is 1. The average molecular weight is 409 g/mol. The number of carbonyl (C=O) groups excluding carboxylic acids is 1. The zero-order chi connectivity index (χ0) is 21.2. The SMILES string of the molecule is COc1ncccc1NC(=O)c1ccn(-c2ccc3ccc(-c4ccccc4)cn23)n1. The van der Waals surface area contributed by atoms with Crippen LogP contribution in [0.3, 0.4) is 0 Å². The number of anilines is 1. The quantitative estimate of drug-likeness (QED) is 0.466. The summed E-state index contributed by atoms with van der Waals surface area (Å²) in [6, 6.07) is 23.5. The van der Waals surface area contributed by atoms with Gasteiger partial charge in [-0.15, -0.1) is 0 Å². The van der Waals surface area contributed by atoms with E-state index in [1.54, 1.807) is 35.3 Å². The fourth-order valence-electron chi connectivity index (χ4n) is 3.48. The van der Waals surface area contributed by atoms with Crippen molar-refractivity contribution in [1.29, 1.82) is 0 Å². The van der Waals surface area contributed by atoms with Gasteiger partial charge in [0, 0.05) is 24.1 Å². The third-order valence-electron chi connectivity index (χ3n) is 5.01. The lowest BCUT2D eigenvalue weighted by molar-refractivity contribution is 0.102. The van der Waals surface area contributed by atoms with Gasteiger partial charge >= 0.3 is 0 Å². The molecule has 0 atom stereocenters. The predicted molar refractivity (Wildman–Crippen MR) is 119 cm³/mol. The summed E-state index contributed by atoms with van der Waals surface area (Å²) < 4.78 is 8.94. The lowest BCUT2D eigenvalue weighted by Crippen LogP contribution is -2.14. The minimum atomic E-state index is -0.337. The molecular weight excluding hydrogens is 390 g/mol. The zero-order valence-electron chi connectivity index (χ0n) is 16.8. The Morgan fingerprint density at radius 1 is 0.935 bits per heavy atom. The summed E-state index contributed by atoms with van der Waals surface area (Å²) in [4.78, 5) is 16.8. The summed E-state index contributed by atoms with van der Waals surface area (Å²) in [7, 11) is 1.51. The zero-order valence-corrected chi connectivity index (χ0v) is 16.8. The van der Waals surface area contributed by atoms with Gasteiger partial charge in [0.15, 0.2) is 5.69 Å². The third kappa shape index (κ3) is 3.53. The molecule has 4 heterocycles. The Morgan fingerprint density at radius 2 is 1.77 bits per heavy atom. The Kier molecular flexibility index (Phi) is 4.68. The van der Waals surface area contributed by atoms with E-state index < -0.39 is 0 Å². The number of nitrogens with one attached hydrogen (secondary N) is 1. The normalized spacial score (nSPS) is 10.9. The van der Waals surface area contributed by atoms with E-state index in [0.717, 1.165) is 22.5 Å². The van der Waals surface area contributed by atoms with Crippen LogP contribution < -0.4 is 10.1 Å². The Morgan fingerprint density at radius 3 is 2.61 bits per heavy atom. The highest BCUT2D eigenvalue weighted by Gasteiger charge is 2.15. The van der Waals surface area contributed by atoms with E-state index in [1.165, 1.54) is 7.11 Å². The number of rotatable bonds is 5. The molecule has 0 aliphatic rings. The molecule has 0 bridgehead atoms. The van der Waals surface area contributed by atoms with Crippen LogP contribution in [0.1, 0.15) is 10.5 Å². The van der Waals surface area contributed by atoms with Gasteiger partial charge in [-0.2, -0.15) is 5.10 Å². The second-order valence-corrected chi connectivity index (χ2v) is 6.93. The fourth-order valence-corrected chi connectivity index (χ4v) is 3.48. The molecule has 31 heavy (non-hydrogen) atoms. The van der Waals surface area contributed by atoms with Gasteiger partial charge in [0.2, 0.25) is 5.88 Å². The smallest absolute Gasteiger partial charge is 0.276 e. The predicted octanol–water partition coefficient (Wildman–Crippen LogP) is 4.45. The number of methoxy groups -OCH3 is 1. The molecule has 1 aromatic carbocycles. The van der Waals surface area contributed by atoms with Crippen LogP contribution in [0.4, 0.5) is 5.69 Å². The minimum Gasteiger partial charge on any atom is -0.480 e. The van der Waals surface area contributed by atoms with E-state index in [-0.39, 0.29) is 5.91 Å². The molecule has 4 aromatic heterocycles. The highest BCUT2D eigenvalue weighted by atomic mass is 16.5. The minimum absolute atomic E-state index is 0.292. The van der Waals surface area contributed by atoms with Gasteiger partial charge in [0.1, 0.15) is 11.5 Å². The van der Waals surface area contributed by atoms with E-state index in [9.17, 15) is 4.79 Å². The molecule has 7 heteroatoms. The Labute approximate surface area is 178 Å². The maximum Gasteiger partial charge on any atom is 0.276 e. The molecule has 0 saturated heterocycles. The van der Waals surface area contributed by atoms with E-state index in [4.69, 9.17) is 4.74 Å². The summed E-state index contributed by atoms with van der Waals surface area (Å²) in [5.41, 5.74) is 4.05. The van der Waals surface area contributed by atoms with Gasteiger partial charge < -0.3 is 14.5 Å². The van der Waals surface area contributed by atoms with Gasteiger partial charge in [-0.1, -0.05) is 36.4 Å². The summed E-state index contributed by atoms with van der Waals surface area (Å²) in [5.74, 6) is 0.850. The van der Waals surface area contributed by atoms with Gasteiger partial charge in [0.05, 0.1) is 7.11 Å². The molecule has 0 aliphatic carbocycles. The van der Waals surface area contributed by atoms with Crippen LogP contribution in [0.25, 0.3) is 22.5 Å². The van der Waals surface area contributed by atoms with E-state index in [2.05, 4.69) is 50.3 Å². The molecule has 152 valence electrons. The van der Waals surface area contributed by atoms with Crippen molar-refractivity contribution in [1.82, 2.24) is 19.2 Å². The first-order chi connectivity index (χ1) is 15.2. The molecule has 0 aliphatic heterocycles. The Bertz CT molecular complexity index is 1370. The van der Waals surface area contributed by atoms with E-state index >= 15 is 0 Å². The van der Waals surface area contributed by atoms with Crippen LogP contribution in [0, 0.1) is 0 Å². The van der Waals surface area contributed by atoms with Crippen molar-refractivity contribution in [3.05, 3.63) is 97.1 Å². The summed E-state index contributed by atoms with van der Waals surface area (Å²) in [5, 5.41) is 7.27. The first-order valence-electron chi connectivity index (χ1n) is 9.76. The van der Waals surface area contributed by atoms with Crippen LogP contribution in [0.15, 0.2) is 91.4 Å². The Balaban J connectivity index is 1.46. The molecule has 1 amide bonds. The molecule has 0 radical (unpaired) electrons. The van der Waals surface area contributed by atoms with Crippen molar-refractivity contribution < 1.29 is 9.53 Å². The fraction of sp³-hybridized carbons (Fsp3) is 0.0417. The first-order valence-corrected chi connectivity index (χ1v) is 9.76. The second-order valence-electron chi connectivity index (χ2n) is 6.93. The summed E-state index contributed by atoms with van der Waals surface area (Å²) in [6.45, 7) is 0. The molecule has 0 saturated carbocycles. The lowest BCUT2D eigenvalue weighted by Gasteiger charge is -2.08. The number of ether oxygens (including phenoxy) is 1. The second kappa shape index (κ2) is 7.79. The van der Waals surface area contributed by atoms with Crippen LogP contribution in [-0.2, 0) is 0 Å². The summed E-state index contributed by atoms with van der Waals surface area (Å²) >= 11 is 0. The molecule has 5 rings (SSSR count). The van der Waals surface area contributed by atoms with Crippen LogP contribution in [0.2, 0.25) is 0 Å². The topological polar surface area (TPSA) is 73.5 Å². The number of pyridine rings is 2. The number of nitrogens with zero attached hydrogens (tertiary/aromatic N) is 4. The maximum atomic E-state index is 12.7. The maximum absolute atomic E-state index is 12.7. The van der Waals surface area contributed by atoms with Crippen molar-refractivity contribution in [2.75, 3.05) is 12.4 Å². The largest absolute Gasteiger partial charge is 0.480 e. The van der Waals surface area contributed by atoms with Crippen molar-refractivity contribution >= 4 is 17.1 Å². The number of carbonyl (C=O) groups is 1. The summed E-state index contributed by atoms with van der Waals surface area (Å²) in [6.07, 6.45) is 5.44. The number of amides is 1. The number of hydrogen-bond donors (Lipinski definition) is 1. The van der Waals surface area contributed by atoms with Crippen molar-refractivity contribution in [3.8, 4) is 22.8 Å². The van der Waals surface area contributed by atoms with E-state index in [0.29, 0.717) is 17.3 Å². The Hall–Kier alpha value is -4.39. The molecule has 7 nitrogen and oxygen atoms in total. The van der Waals surface area contributed by atoms with Gasteiger partial charge in [-0.25, -0.2) is 9.67 Å². The van der Waals surface area contributed by atoms with Crippen molar-refractivity contribution in [2.45, 2.75) is 0 Å². The van der Waals surface area contributed by atoms with Gasteiger partial charge in [-0.05, 0) is 47.5 Å². The highest BCUT2D eigenvalue weighted by Crippen LogP contribution is 2.23. The number of fused-ring (bicyclic) bond motifs is 1. The number of aromatic nitrogens is 4. The number of hydrogen-bond acceptors (Lipinski definition) is 4. The molecular formula is C24H19N5O2. The third-order valence-corrected chi connectivity index (χ3v) is 5.01. The standard InChI is InChI=1S/C24H19N5O2/c1-31-24-21(8-5-14-25-24)26-23(30)20-13-15-29(27-20)22-12-11-19-10-9-18(16-28(19)22)17-6-3-2-4-7-17/h2-16H,1H3,(H,26,30). The van der Waals surface area contributed by atoms with Gasteiger partial charge in [0.25, 0.3) is 5.91 Å². The van der Waals surface area contributed by atoms with Crippen molar-refractivity contribution in [3.63, 3.8) is 0 Å². The van der Waals surface area contributed by atoms with Crippen LogP contribution in [0.5, 0.6) is 5.88 Å². The molecule has 5 aromatic rings. The van der Waals surface area contributed by atoms with Crippen LogP contribution >= 0.6 is 0 Å². The molecule has 0 fully saturated rings.